The van der Waals surface area contributed by atoms with Crippen molar-refractivity contribution in [3.05, 3.63) is 20.3 Å². The molecule has 1 heterocycles. The van der Waals surface area contributed by atoms with Crippen molar-refractivity contribution in [2.75, 3.05) is 6.26 Å². The van der Waals surface area contributed by atoms with E-state index in [-0.39, 0.29) is 4.47 Å². The van der Waals surface area contributed by atoms with Gasteiger partial charge in [0.05, 0.1) is 15.1 Å². The summed E-state index contributed by atoms with van der Waals surface area (Å²) in [4.78, 5) is -0.423. The lowest BCUT2D eigenvalue weighted by molar-refractivity contribution is -0.137. The number of sulfone groups is 1. The van der Waals surface area contributed by atoms with Crippen molar-refractivity contribution in [2.45, 2.75) is 29.6 Å². The molecule has 0 amide bonds. The number of alkyl halides is 4. The van der Waals surface area contributed by atoms with Gasteiger partial charge in [-0.25, -0.2) is 8.42 Å². The Labute approximate surface area is 130 Å². The van der Waals surface area contributed by atoms with Crippen LogP contribution in [-0.4, -0.2) is 19.4 Å². The Kier molecular flexibility index (Phi) is 4.87. The van der Waals surface area contributed by atoms with Gasteiger partial charge in [0.2, 0.25) is 0 Å². The van der Waals surface area contributed by atoms with Crippen molar-refractivity contribution in [2.24, 2.45) is 0 Å². The first-order valence-corrected chi connectivity index (χ1v) is 9.46. The molecule has 0 aliphatic carbocycles. The highest BCUT2D eigenvalue weighted by atomic mass is 79.9. The molecule has 1 aromatic rings. The Bertz CT molecular complexity index is 576. The van der Waals surface area contributed by atoms with Crippen LogP contribution in [0.4, 0.5) is 13.2 Å². The van der Waals surface area contributed by atoms with Crippen molar-refractivity contribution < 1.29 is 21.6 Å². The summed E-state index contributed by atoms with van der Waals surface area (Å²) in [6.45, 7) is 2.95. The minimum absolute atomic E-state index is 0.108. The second-order valence-electron chi connectivity index (χ2n) is 4.56. The molecule has 0 saturated carbocycles. The molecule has 110 valence electrons. The van der Waals surface area contributed by atoms with Gasteiger partial charge in [-0.05, 0) is 29.8 Å². The fraction of sp³-hybridized carbons (Fsp3) is 0.600. The van der Waals surface area contributed by atoms with Gasteiger partial charge in [-0.1, -0.05) is 15.9 Å². The van der Waals surface area contributed by atoms with E-state index in [1.165, 1.54) is 13.8 Å². The Balaban J connectivity index is 3.31. The molecule has 1 unspecified atom stereocenters. The van der Waals surface area contributed by atoms with Crippen molar-refractivity contribution in [3.8, 4) is 0 Å². The first kappa shape index (κ1) is 17.5. The van der Waals surface area contributed by atoms with E-state index in [2.05, 4.69) is 31.9 Å². The molecule has 2 nitrogen and oxygen atoms in total. The molecule has 0 bridgehead atoms. The average Bonchev–Trinajstić information content (AvgIpc) is 2.56. The predicted molar refractivity (Wildman–Crippen MR) is 77.6 cm³/mol. The Morgan fingerprint density at radius 1 is 1.32 bits per heavy atom. The van der Waals surface area contributed by atoms with Crippen molar-refractivity contribution in [1.29, 1.82) is 0 Å². The van der Waals surface area contributed by atoms with Crippen LogP contribution >= 0.6 is 43.2 Å². The van der Waals surface area contributed by atoms with Gasteiger partial charge in [-0.15, -0.1) is 11.3 Å². The molecule has 9 heteroatoms. The average molecular weight is 444 g/mol. The normalized spacial score (nSPS) is 15.6. The molecule has 0 aliphatic rings. The minimum Gasteiger partial charge on any atom is -0.229 e. The molecule has 0 saturated heterocycles. The minimum atomic E-state index is -4.46. The molecular weight excluding hydrogens is 433 g/mol. The smallest absolute Gasteiger partial charge is 0.229 e. The van der Waals surface area contributed by atoms with E-state index in [1.54, 1.807) is 0 Å². The number of hydrogen-bond acceptors (Lipinski definition) is 3. The molecule has 0 spiro atoms. The van der Waals surface area contributed by atoms with Crippen molar-refractivity contribution >= 4 is 53.0 Å². The molecule has 19 heavy (non-hydrogen) atoms. The Hall–Kier alpha value is 0.400. The van der Waals surface area contributed by atoms with Crippen LogP contribution in [-0.2, 0) is 16.0 Å². The van der Waals surface area contributed by atoms with Gasteiger partial charge in [-0.3, -0.25) is 0 Å². The van der Waals surface area contributed by atoms with Gasteiger partial charge >= 0.3 is 6.18 Å². The highest BCUT2D eigenvalue weighted by molar-refractivity contribution is 9.11. The van der Waals surface area contributed by atoms with Crippen LogP contribution in [0.3, 0.4) is 0 Å². The van der Waals surface area contributed by atoms with Crippen LogP contribution in [0.5, 0.6) is 0 Å². The summed E-state index contributed by atoms with van der Waals surface area (Å²) in [5.41, 5.74) is -0.791. The summed E-state index contributed by atoms with van der Waals surface area (Å²) < 4.78 is 60.2. The second-order valence-corrected chi connectivity index (χ2v) is 9.78. The lowest BCUT2D eigenvalue weighted by Gasteiger charge is -2.28. The maximum Gasteiger partial charge on any atom is 0.418 e. The van der Waals surface area contributed by atoms with Crippen LogP contribution < -0.4 is 0 Å². The zero-order valence-corrected chi connectivity index (χ0v) is 15.0. The van der Waals surface area contributed by atoms with Crippen molar-refractivity contribution in [1.82, 2.24) is 0 Å². The van der Waals surface area contributed by atoms with E-state index >= 15 is 0 Å². The number of hydrogen-bond donors (Lipinski definition) is 0. The van der Waals surface area contributed by atoms with Crippen LogP contribution in [0.25, 0.3) is 0 Å². The van der Waals surface area contributed by atoms with Crippen LogP contribution in [0.15, 0.2) is 9.85 Å². The third-order valence-corrected chi connectivity index (χ3v) is 9.38. The van der Waals surface area contributed by atoms with Crippen LogP contribution in [0.1, 0.15) is 29.1 Å². The standard InChI is InChI=1S/C10H11Br2F3O2S2/c1-9(2,19(3,16)17)8(12)7-6(11)5(4-18-7)10(13,14)15/h4,8H,1-3H3. The summed E-state index contributed by atoms with van der Waals surface area (Å²) in [5.74, 6) is 0. The highest BCUT2D eigenvalue weighted by Gasteiger charge is 2.43. The van der Waals surface area contributed by atoms with Crippen LogP contribution in [0, 0.1) is 0 Å². The quantitative estimate of drug-likeness (QED) is 0.629. The van der Waals surface area contributed by atoms with Gasteiger partial charge in [0, 0.05) is 21.0 Å². The third-order valence-electron chi connectivity index (χ3n) is 2.86. The molecule has 0 radical (unpaired) electrons. The largest absolute Gasteiger partial charge is 0.418 e. The molecule has 1 aromatic heterocycles. The van der Waals surface area contributed by atoms with Gasteiger partial charge < -0.3 is 0 Å². The highest BCUT2D eigenvalue weighted by Crippen LogP contribution is 2.48. The fourth-order valence-corrected chi connectivity index (χ4v) is 5.80. The van der Waals surface area contributed by atoms with Gasteiger partial charge in [0.15, 0.2) is 9.84 Å². The first-order valence-electron chi connectivity index (χ1n) is 4.98. The summed E-state index contributed by atoms with van der Waals surface area (Å²) in [6.07, 6.45) is -3.40. The van der Waals surface area contributed by atoms with E-state index in [1.807, 2.05) is 0 Å². The number of rotatable bonds is 3. The molecule has 0 N–H and O–H groups in total. The summed E-state index contributed by atoms with van der Waals surface area (Å²) in [5, 5.41) is 0.978. The van der Waals surface area contributed by atoms with E-state index in [0.29, 0.717) is 4.88 Å². The van der Waals surface area contributed by atoms with E-state index < -0.39 is 31.2 Å². The maximum atomic E-state index is 12.7. The van der Waals surface area contributed by atoms with E-state index in [9.17, 15) is 21.6 Å². The zero-order chi connectivity index (χ0) is 15.2. The molecule has 0 aromatic carbocycles. The SMILES string of the molecule is CC(C)(C(Br)c1scc(C(F)(F)F)c1Br)S(C)(=O)=O. The third kappa shape index (κ3) is 3.36. The maximum absolute atomic E-state index is 12.7. The van der Waals surface area contributed by atoms with Crippen LogP contribution in [0.2, 0.25) is 0 Å². The van der Waals surface area contributed by atoms with Gasteiger partial charge in [0.1, 0.15) is 0 Å². The van der Waals surface area contributed by atoms with Gasteiger partial charge in [-0.2, -0.15) is 13.2 Å². The van der Waals surface area contributed by atoms with E-state index in [0.717, 1.165) is 23.0 Å². The Morgan fingerprint density at radius 2 is 1.79 bits per heavy atom. The van der Waals surface area contributed by atoms with Crippen molar-refractivity contribution in [3.63, 3.8) is 0 Å². The van der Waals surface area contributed by atoms with Gasteiger partial charge in [0.25, 0.3) is 0 Å². The monoisotopic (exact) mass is 442 g/mol. The predicted octanol–water partition coefficient (Wildman–Crippen LogP) is 4.79. The number of halogens is 5. The zero-order valence-electron chi connectivity index (χ0n) is 10.2. The Morgan fingerprint density at radius 3 is 2.11 bits per heavy atom. The molecule has 0 fully saturated rings. The molecular formula is C10H11Br2F3O2S2. The fourth-order valence-electron chi connectivity index (χ4n) is 1.22. The lowest BCUT2D eigenvalue weighted by atomic mass is 10.1. The van der Waals surface area contributed by atoms with E-state index in [4.69, 9.17) is 0 Å². The summed E-state index contributed by atoms with van der Waals surface area (Å²) >= 11 is 7.00. The summed E-state index contributed by atoms with van der Waals surface area (Å²) in [6, 6.07) is 0. The summed E-state index contributed by atoms with van der Waals surface area (Å²) in [7, 11) is -3.44. The molecule has 1 rings (SSSR count). The molecule has 0 aliphatic heterocycles. The second kappa shape index (κ2) is 5.31. The topological polar surface area (TPSA) is 34.1 Å². The first-order chi connectivity index (χ1) is 8.30. The molecule has 1 atom stereocenters. The lowest BCUT2D eigenvalue weighted by Crippen LogP contribution is -2.35. The number of thiophene rings is 1.